The first-order chi connectivity index (χ1) is 16.5. The Morgan fingerprint density at radius 2 is 1.71 bits per heavy atom. The highest BCUT2D eigenvalue weighted by atomic mass is 16.5. The molecule has 0 bridgehead atoms. The van der Waals surface area contributed by atoms with Crippen molar-refractivity contribution < 1.29 is 9.32 Å². The zero-order valence-corrected chi connectivity index (χ0v) is 20.1. The molecule has 6 heteroatoms. The second kappa shape index (κ2) is 9.63. The van der Waals surface area contributed by atoms with Crippen molar-refractivity contribution in [3.63, 3.8) is 0 Å². The highest BCUT2D eigenvalue weighted by molar-refractivity contribution is 5.94. The molecule has 2 unspecified atom stereocenters. The molecule has 1 N–H and O–H groups in total. The Labute approximate surface area is 201 Å². The van der Waals surface area contributed by atoms with Crippen LogP contribution in [0.1, 0.15) is 42.1 Å². The Balaban J connectivity index is 1.10. The predicted molar refractivity (Wildman–Crippen MR) is 134 cm³/mol. The molecule has 2 aliphatic rings. The third-order valence-corrected chi connectivity index (χ3v) is 7.75. The highest BCUT2D eigenvalue weighted by Gasteiger charge is 2.48. The van der Waals surface area contributed by atoms with Gasteiger partial charge in [0.1, 0.15) is 0 Å². The lowest BCUT2D eigenvalue weighted by molar-refractivity contribution is 0.0138. The number of carbonyl (C=O) groups is 1. The van der Waals surface area contributed by atoms with Gasteiger partial charge in [0.2, 0.25) is 0 Å². The smallest absolute Gasteiger partial charge is 0.251 e. The van der Waals surface area contributed by atoms with Crippen LogP contribution in [0.2, 0.25) is 0 Å². The molecule has 6 nitrogen and oxygen atoms in total. The first kappa shape index (κ1) is 22.7. The van der Waals surface area contributed by atoms with Crippen molar-refractivity contribution in [3.8, 4) is 0 Å². The molecule has 2 fully saturated rings. The van der Waals surface area contributed by atoms with Gasteiger partial charge in [0, 0.05) is 49.5 Å². The van der Waals surface area contributed by atoms with Crippen molar-refractivity contribution in [2.75, 3.05) is 31.1 Å². The van der Waals surface area contributed by atoms with Gasteiger partial charge in [-0.05, 0) is 48.4 Å². The molecule has 34 heavy (non-hydrogen) atoms. The maximum atomic E-state index is 12.5. The molecule has 0 spiro atoms. The van der Waals surface area contributed by atoms with Crippen LogP contribution in [0.4, 0.5) is 5.69 Å². The number of rotatable bonds is 7. The molecule has 1 saturated heterocycles. The lowest BCUT2D eigenvalue weighted by atomic mass is 9.57. The topological polar surface area (TPSA) is 61.6 Å². The molecule has 1 amide bonds. The van der Waals surface area contributed by atoms with E-state index < -0.39 is 0 Å². The molecule has 1 saturated carbocycles. The summed E-state index contributed by atoms with van der Waals surface area (Å²) in [6, 6.07) is 22.4. The highest BCUT2D eigenvalue weighted by Crippen LogP contribution is 2.47. The summed E-state index contributed by atoms with van der Waals surface area (Å²) in [4.78, 5) is 17.4. The van der Waals surface area contributed by atoms with Crippen LogP contribution in [0.3, 0.4) is 0 Å². The van der Waals surface area contributed by atoms with Gasteiger partial charge in [0.05, 0.1) is 12.2 Å². The van der Waals surface area contributed by atoms with Crippen LogP contribution in [0.15, 0.2) is 71.3 Å². The van der Waals surface area contributed by atoms with Gasteiger partial charge >= 0.3 is 0 Å². The number of hydrogen-bond donors (Lipinski definition) is 1. The van der Waals surface area contributed by atoms with Crippen LogP contribution in [0.25, 0.3) is 0 Å². The molecule has 1 aliphatic heterocycles. The molecule has 1 aliphatic carbocycles. The number of hydrogen-bond acceptors (Lipinski definition) is 5. The summed E-state index contributed by atoms with van der Waals surface area (Å²) in [5.41, 5.74) is 3.05. The molecule has 5 rings (SSSR count). The Bertz CT molecular complexity index is 1090. The summed E-state index contributed by atoms with van der Waals surface area (Å²) in [6.07, 6.45) is 1.85. The second-order valence-corrected chi connectivity index (χ2v) is 10.2. The molecule has 2 atom stereocenters. The fourth-order valence-corrected chi connectivity index (χ4v) is 5.24. The molecule has 1 aromatic heterocycles. The van der Waals surface area contributed by atoms with Crippen molar-refractivity contribution in [3.05, 3.63) is 83.7 Å². The Kier molecular flexibility index (Phi) is 6.42. The van der Waals surface area contributed by atoms with E-state index in [9.17, 15) is 4.79 Å². The average Bonchev–Trinajstić information content (AvgIpc) is 3.31. The van der Waals surface area contributed by atoms with Gasteiger partial charge in [-0.3, -0.25) is 9.69 Å². The van der Waals surface area contributed by atoms with Gasteiger partial charge in [-0.25, -0.2) is 0 Å². The number of nitrogens with one attached hydrogen (secondary N) is 1. The van der Waals surface area contributed by atoms with Gasteiger partial charge in [-0.2, -0.15) is 0 Å². The predicted octanol–water partition coefficient (Wildman–Crippen LogP) is 4.38. The van der Waals surface area contributed by atoms with Crippen LogP contribution in [-0.4, -0.2) is 48.2 Å². The third-order valence-electron chi connectivity index (χ3n) is 7.75. The van der Waals surface area contributed by atoms with Gasteiger partial charge < -0.3 is 14.7 Å². The Hall–Kier alpha value is -3.12. The summed E-state index contributed by atoms with van der Waals surface area (Å²) in [5, 5.41) is 7.59. The van der Waals surface area contributed by atoms with Gasteiger partial charge in [0.25, 0.3) is 5.91 Å². The molecule has 178 valence electrons. The van der Waals surface area contributed by atoms with Crippen LogP contribution in [-0.2, 0) is 13.0 Å². The minimum atomic E-state index is 0.00760. The molecule has 2 aromatic carbocycles. The van der Waals surface area contributed by atoms with Gasteiger partial charge in [0.15, 0.2) is 5.76 Å². The van der Waals surface area contributed by atoms with Crippen LogP contribution >= 0.6 is 0 Å². The maximum absolute atomic E-state index is 12.5. The zero-order valence-electron chi connectivity index (χ0n) is 20.1. The maximum Gasteiger partial charge on any atom is 0.251 e. The van der Waals surface area contributed by atoms with E-state index in [2.05, 4.69) is 70.5 Å². The summed E-state index contributed by atoms with van der Waals surface area (Å²) >= 11 is 0. The SMILES string of the molecule is CC1(C)C(Cc2cc(CN3CCN(c4ccccc4)CC3)on2)CC1NC(=O)c1ccccc1. The Morgan fingerprint density at radius 3 is 2.38 bits per heavy atom. The number of aromatic nitrogens is 1. The standard InChI is InChI=1S/C28H34N4O2/c1-28(2)22(18-26(28)29-27(33)21-9-5-3-6-10-21)17-23-19-25(34-30-23)20-31-13-15-32(16-14-31)24-11-7-4-8-12-24/h3-12,19,22,26H,13-18,20H2,1-2H3,(H,29,33). The van der Waals surface area contributed by atoms with E-state index in [4.69, 9.17) is 4.52 Å². The number of nitrogens with zero attached hydrogens (tertiary/aromatic N) is 3. The zero-order chi connectivity index (χ0) is 23.5. The fourth-order valence-electron chi connectivity index (χ4n) is 5.24. The fraction of sp³-hybridized carbons (Fsp3) is 0.429. The second-order valence-electron chi connectivity index (χ2n) is 10.2. The van der Waals surface area contributed by atoms with Crippen LogP contribution < -0.4 is 10.2 Å². The van der Waals surface area contributed by atoms with E-state index in [0.717, 1.165) is 57.0 Å². The number of benzene rings is 2. The normalized spacial score (nSPS) is 22.2. The molecular weight excluding hydrogens is 424 g/mol. The van der Waals surface area contributed by atoms with E-state index >= 15 is 0 Å². The minimum Gasteiger partial charge on any atom is -0.369 e. The number of carbonyl (C=O) groups excluding carboxylic acids is 1. The van der Waals surface area contributed by atoms with Crippen molar-refractivity contribution in [1.29, 1.82) is 0 Å². The number of anilines is 1. The monoisotopic (exact) mass is 458 g/mol. The lowest BCUT2D eigenvalue weighted by Gasteiger charge is -2.52. The van der Waals surface area contributed by atoms with Crippen molar-refractivity contribution in [2.24, 2.45) is 11.3 Å². The third kappa shape index (κ3) is 4.87. The average molecular weight is 459 g/mol. The summed E-state index contributed by atoms with van der Waals surface area (Å²) in [5.74, 6) is 1.42. The summed E-state index contributed by atoms with van der Waals surface area (Å²) < 4.78 is 5.69. The first-order valence-electron chi connectivity index (χ1n) is 12.3. The van der Waals surface area contributed by atoms with E-state index in [0.29, 0.717) is 11.5 Å². The number of amides is 1. The number of piperazine rings is 1. The van der Waals surface area contributed by atoms with E-state index in [1.54, 1.807) is 0 Å². The van der Waals surface area contributed by atoms with Crippen molar-refractivity contribution >= 4 is 11.6 Å². The van der Waals surface area contributed by atoms with Crippen LogP contribution in [0.5, 0.6) is 0 Å². The Morgan fingerprint density at radius 1 is 1.03 bits per heavy atom. The van der Waals surface area contributed by atoms with Crippen LogP contribution in [0, 0.1) is 11.3 Å². The van der Waals surface area contributed by atoms with Crippen molar-refractivity contribution in [2.45, 2.75) is 39.3 Å². The van der Waals surface area contributed by atoms with Gasteiger partial charge in [-0.1, -0.05) is 55.4 Å². The molecule has 3 aromatic rings. The summed E-state index contributed by atoms with van der Waals surface area (Å²) in [6.45, 7) is 9.37. The molecule has 2 heterocycles. The van der Waals surface area contributed by atoms with Crippen molar-refractivity contribution in [1.82, 2.24) is 15.4 Å². The summed E-state index contributed by atoms with van der Waals surface area (Å²) in [7, 11) is 0. The quantitative estimate of drug-likeness (QED) is 0.569. The molecular formula is C28H34N4O2. The van der Waals surface area contributed by atoms with Gasteiger partial charge in [-0.15, -0.1) is 0 Å². The van der Waals surface area contributed by atoms with E-state index in [1.807, 2.05) is 30.3 Å². The minimum absolute atomic E-state index is 0.00760. The van der Waals surface area contributed by atoms with E-state index in [-0.39, 0.29) is 17.4 Å². The molecule has 0 radical (unpaired) electrons. The number of para-hydroxylation sites is 1. The first-order valence-corrected chi connectivity index (χ1v) is 12.3. The largest absolute Gasteiger partial charge is 0.369 e. The van der Waals surface area contributed by atoms with E-state index in [1.165, 1.54) is 5.69 Å². The lowest BCUT2D eigenvalue weighted by Crippen LogP contribution is -2.58.